The molecule has 3 aromatic carbocycles. The maximum Gasteiger partial charge on any atom is 0.276 e. The van der Waals surface area contributed by atoms with Gasteiger partial charge in [0.2, 0.25) is 0 Å². The van der Waals surface area contributed by atoms with Crippen LogP contribution in [0.3, 0.4) is 0 Å². The van der Waals surface area contributed by atoms with Crippen LogP contribution in [-0.2, 0) is 10.0 Å². The molecule has 0 spiro atoms. The van der Waals surface area contributed by atoms with E-state index in [9.17, 15) is 8.42 Å². The summed E-state index contributed by atoms with van der Waals surface area (Å²) < 4.78 is 26.0. The van der Waals surface area contributed by atoms with Crippen LogP contribution >= 0.6 is 15.9 Å². The molecular weight excluding hydrogens is 412 g/mol. The van der Waals surface area contributed by atoms with Crippen LogP contribution in [0.5, 0.6) is 0 Å². The number of hydrazone groups is 1. The molecule has 0 saturated carbocycles. The maximum absolute atomic E-state index is 12.6. The van der Waals surface area contributed by atoms with Crippen molar-refractivity contribution >= 4 is 31.7 Å². The van der Waals surface area contributed by atoms with Gasteiger partial charge in [-0.3, -0.25) is 0 Å². The van der Waals surface area contributed by atoms with Gasteiger partial charge in [-0.1, -0.05) is 82.2 Å². The van der Waals surface area contributed by atoms with Gasteiger partial charge in [0, 0.05) is 15.6 Å². The molecule has 0 fully saturated rings. The highest BCUT2D eigenvalue weighted by Gasteiger charge is 2.15. The van der Waals surface area contributed by atoms with Crippen LogP contribution in [0.1, 0.15) is 16.7 Å². The molecule has 132 valence electrons. The Labute approximate surface area is 161 Å². The van der Waals surface area contributed by atoms with E-state index >= 15 is 0 Å². The van der Waals surface area contributed by atoms with E-state index in [-0.39, 0.29) is 4.90 Å². The van der Waals surface area contributed by atoms with Gasteiger partial charge in [0.15, 0.2) is 0 Å². The van der Waals surface area contributed by atoms with Crippen molar-refractivity contribution < 1.29 is 8.42 Å². The van der Waals surface area contributed by atoms with E-state index in [0.717, 1.165) is 21.2 Å². The van der Waals surface area contributed by atoms with Crippen LogP contribution in [0.2, 0.25) is 0 Å². The minimum absolute atomic E-state index is 0.173. The van der Waals surface area contributed by atoms with E-state index in [2.05, 4.69) is 25.9 Å². The molecule has 6 heteroatoms. The molecule has 0 saturated heterocycles. The van der Waals surface area contributed by atoms with Crippen molar-refractivity contribution in [1.82, 2.24) is 4.83 Å². The van der Waals surface area contributed by atoms with E-state index in [1.54, 1.807) is 24.3 Å². The fourth-order valence-electron chi connectivity index (χ4n) is 2.41. The van der Waals surface area contributed by atoms with Crippen molar-refractivity contribution in [3.63, 3.8) is 0 Å². The number of sulfonamides is 1. The number of halogens is 1. The molecule has 1 N–H and O–H groups in total. The molecule has 0 unspecified atom stereocenters. The summed E-state index contributed by atoms with van der Waals surface area (Å²) in [6.45, 7) is 1.91. The van der Waals surface area contributed by atoms with Gasteiger partial charge >= 0.3 is 0 Å². The van der Waals surface area contributed by atoms with Gasteiger partial charge in [-0.25, -0.2) is 0 Å². The number of aryl methyl sites for hydroxylation is 1. The van der Waals surface area contributed by atoms with E-state index in [0.29, 0.717) is 5.71 Å². The van der Waals surface area contributed by atoms with Crippen LogP contribution < -0.4 is 4.83 Å². The Hall–Kier alpha value is -2.44. The number of hydrogen-bond acceptors (Lipinski definition) is 3. The molecule has 0 aliphatic carbocycles. The highest BCUT2D eigenvalue weighted by molar-refractivity contribution is 9.10. The molecule has 0 aliphatic heterocycles. The first-order valence-electron chi connectivity index (χ1n) is 7.94. The number of benzene rings is 3. The molecule has 3 rings (SSSR count). The molecule has 3 aromatic rings. The molecule has 0 radical (unpaired) electrons. The number of rotatable bonds is 5. The lowest BCUT2D eigenvalue weighted by molar-refractivity contribution is 0.584. The lowest BCUT2D eigenvalue weighted by Crippen LogP contribution is -2.21. The SMILES string of the molecule is Cc1ccc(S(=O)(=O)N/N=C(\c2ccccc2)c2ccccc2Br)cc1. The van der Waals surface area contributed by atoms with Crippen molar-refractivity contribution in [2.24, 2.45) is 5.10 Å². The van der Waals surface area contributed by atoms with E-state index in [1.807, 2.05) is 61.5 Å². The van der Waals surface area contributed by atoms with Gasteiger partial charge < -0.3 is 0 Å². The Kier molecular flexibility index (Phi) is 5.54. The lowest BCUT2D eigenvalue weighted by Gasteiger charge is -2.11. The van der Waals surface area contributed by atoms with Crippen molar-refractivity contribution in [2.75, 3.05) is 0 Å². The summed E-state index contributed by atoms with van der Waals surface area (Å²) >= 11 is 3.51. The first kappa shape index (κ1) is 18.4. The summed E-state index contributed by atoms with van der Waals surface area (Å²) in [5, 5.41) is 4.24. The first-order chi connectivity index (χ1) is 12.5. The average Bonchev–Trinajstić information content (AvgIpc) is 2.64. The van der Waals surface area contributed by atoms with Crippen LogP contribution in [0.4, 0.5) is 0 Å². The molecular formula is C20H17BrN2O2S. The summed E-state index contributed by atoms with van der Waals surface area (Å²) in [6, 6.07) is 23.6. The summed E-state index contributed by atoms with van der Waals surface area (Å²) in [4.78, 5) is 2.53. The third kappa shape index (κ3) is 4.20. The van der Waals surface area contributed by atoms with E-state index in [4.69, 9.17) is 0 Å². The molecule has 0 amide bonds. The maximum atomic E-state index is 12.6. The lowest BCUT2D eigenvalue weighted by atomic mass is 10.0. The summed E-state index contributed by atoms with van der Waals surface area (Å²) in [5.41, 5.74) is 3.13. The second-order valence-corrected chi connectivity index (χ2v) is 8.23. The highest BCUT2D eigenvalue weighted by Crippen LogP contribution is 2.20. The predicted molar refractivity (Wildman–Crippen MR) is 108 cm³/mol. The van der Waals surface area contributed by atoms with Gasteiger partial charge in [0.1, 0.15) is 0 Å². The minimum Gasteiger partial charge on any atom is -0.200 e. The van der Waals surface area contributed by atoms with E-state index < -0.39 is 10.0 Å². The zero-order chi connectivity index (χ0) is 18.6. The Morgan fingerprint density at radius 1 is 0.885 bits per heavy atom. The molecule has 4 nitrogen and oxygen atoms in total. The van der Waals surface area contributed by atoms with Crippen LogP contribution in [0, 0.1) is 6.92 Å². The smallest absolute Gasteiger partial charge is 0.200 e. The minimum atomic E-state index is -3.75. The Morgan fingerprint density at radius 3 is 2.15 bits per heavy atom. The van der Waals surface area contributed by atoms with E-state index in [1.165, 1.54) is 0 Å². The predicted octanol–water partition coefficient (Wildman–Crippen LogP) is 4.49. The molecule has 0 aliphatic rings. The van der Waals surface area contributed by atoms with Crippen molar-refractivity contribution in [3.05, 3.63) is 100 Å². The summed E-state index contributed by atoms with van der Waals surface area (Å²) in [7, 11) is -3.75. The molecule has 0 heterocycles. The van der Waals surface area contributed by atoms with Gasteiger partial charge in [0.05, 0.1) is 10.6 Å². The van der Waals surface area contributed by atoms with Crippen LogP contribution in [-0.4, -0.2) is 14.1 Å². The molecule has 26 heavy (non-hydrogen) atoms. The van der Waals surface area contributed by atoms with Crippen molar-refractivity contribution in [3.8, 4) is 0 Å². The van der Waals surface area contributed by atoms with Gasteiger partial charge in [-0.05, 0) is 25.1 Å². The molecule has 0 bridgehead atoms. The Bertz CT molecular complexity index is 1030. The van der Waals surface area contributed by atoms with Gasteiger partial charge in [0.25, 0.3) is 10.0 Å². The normalized spacial score (nSPS) is 12.0. The third-order valence-corrected chi connectivity index (χ3v) is 5.70. The average molecular weight is 429 g/mol. The second-order valence-electron chi connectivity index (χ2n) is 5.71. The number of nitrogens with zero attached hydrogens (tertiary/aromatic N) is 1. The van der Waals surface area contributed by atoms with Crippen LogP contribution in [0.15, 0.2) is 93.3 Å². The Balaban J connectivity index is 2.02. The van der Waals surface area contributed by atoms with Crippen molar-refractivity contribution in [1.29, 1.82) is 0 Å². The Morgan fingerprint density at radius 2 is 1.50 bits per heavy atom. The summed E-state index contributed by atoms with van der Waals surface area (Å²) in [6.07, 6.45) is 0. The molecule has 0 atom stereocenters. The van der Waals surface area contributed by atoms with Gasteiger partial charge in [-0.15, -0.1) is 0 Å². The standard InChI is InChI=1S/C20H17BrN2O2S/c1-15-11-13-17(14-12-15)26(24,25)23-22-20(16-7-3-2-4-8-16)18-9-5-6-10-19(18)21/h2-14,23H,1H3/b22-20+. The molecule has 0 aromatic heterocycles. The third-order valence-electron chi connectivity index (χ3n) is 3.79. The quantitative estimate of drug-likeness (QED) is 0.480. The number of hydrogen-bond donors (Lipinski definition) is 1. The largest absolute Gasteiger partial charge is 0.276 e. The fraction of sp³-hybridized carbons (Fsp3) is 0.0500. The van der Waals surface area contributed by atoms with Crippen LogP contribution in [0.25, 0.3) is 0 Å². The fourth-order valence-corrected chi connectivity index (χ4v) is 3.69. The zero-order valence-corrected chi connectivity index (χ0v) is 16.5. The first-order valence-corrected chi connectivity index (χ1v) is 10.2. The van der Waals surface area contributed by atoms with Gasteiger partial charge in [-0.2, -0.15) is 18.4 Å². The monoisotopic (exact) mass is 428 g/mol. The zero-order valence-electron chi connectivity index (χ0n) is 14.1. The number of nitrogens with one attached hydrogen (secondary N) is 1. The van der Waals surface area contributed by atoms with Crippen molar-refractivity contribution in [2.45, 2.75) is 11.8 Å². The second kappa shape index (κ2) is 7.85. The highest BCUT2D eigenvalue weighted by atomic mass is 79.9. The topological polar surface area (TPSA) is 58.5 Å². The summed E-state index contributed by atoms with van der Waals surface area (Å²) in [5.74, 6) is 0.